The Hall–Kier alpha value is -1.32. The van der Waals surface area contributed by atoms with Gasteiger partial charge in [-0.3, -0.25) is 9.59 Å². The minimum atomic E-state index is -0.727. The molecule has 0 radical (unpaired) electrons. The zero-order chi connectivity index (χ0) is 13.5. The molecule has 1 saturated heterocycles. The average Bonchev–Trinajstić information content (AvgIpc) is 2.36. The van der Waals surface area contributed by atoms with E-state index in [1.165, 1.54) is 0 Å². The van der Waals surface area contributed by atoms with Crippen molar-refractivity contribution in [3.05, 3.63) is 11.6 Å². The molecule has 0 spiro atoms. The lowest BCUT2D eigenvalue weighted by Gasteiger charge is -2.32. The maximum Gasteiger partial charge on any atom is 0.303 e. The van der Waals surface area contributed by atoms with Gasteiger partial charge in [-0.15, -0.1) is 0 Å². The summed E-state index contributed by atoms with van der Waals surface area (Å²) < 4.78 is 0. The topological polar surface area (TPSA) is 57.6 Å². The first-order valence-electron chi connectivity index (χ1n) is 6.72. The van der Waals surface area contributed by atoms with Gasteiger partial charge in [0.05, 0.1) is 0 Å². The van der Waals surface area contributed by atoms with Crippen LogP contribution in [0.3, 0.4) is 0 Å². The van der Waals surface area contributed by atoms with Crippen molar-refractivity contribution in [3.8, 4) is 0 Å². The summed E-state index contributed by atoms with van der Waals surface area (Å²) in [4.78, 5) is 24.4. The summed E-state index contributed by atoms with van der Waals surface area (Å²) in [5, 5.41) is 8.64. The van der Waals surface area contributed by atoms with Gasteiger partial charge in [0.25, 0.3) is 0 Å². The van der Waals surface area contributed by atoms with Gasteiger partial charge in [0.2, 0.25) is 5.91 Å². The minimum absolute atomic E-state index is 0.133. The molecule has 1 N–H and O–H groups in total. The Morgan fingerprint density at radius 1 is 1.33 bits per heavy atom. The fourth-order valence-electron chi connectivity index (χ4n) is 2.40. The normalized spacial score (nSPS) is 17.9. The van der Waals surface area contributed by atoms with E-state index in [4.69, 9.17) is 5.11 Å². The van der Waals surface area contributed by atoms with Gasteiger partial charge in [-0.2, -0.15) is 0 Å². The van der Waals surface area contributed by atoms with Gasteiger partial charge in [0, 0.05) is 25.1 Å². The van der Waals surface area contributed by atoms with Crippen molar-refractivity contribution >= 4 is 11.9 Å². The number of carbonyl (C=O) groups excluding carboxylic acids is 1. The third kappa shape index (κ3) is 4.51. The minimum Gasteiger partial charge on any atom is -0.481 e. The van der Waals surface area contributed by atoms with Gasteiger partial charge >= 0.3 is 5.97 Å². The monoisotopic (exact) mass is 253 g/mol. The maximum absolute atomic E-state index is 12.0. The molecule has 1 fully saturated rings. The van der Waals surface area contributed by atoms with Crippen molar-refractivity contribution in [1.29, 1.82) is 0 Å². The van der Waals surface area contributed by atoms with E-state index in [1.807, 2.05) is 24.8 Å². The number of carbonyl (C=O) groups is 2. The summed E-state index contributed by atoms with van der Waals surface area (Å²) in [5.74, 6) is -0.135. The highest BCUT2D eigenvalue weighted by atomic mass is 16.4. The number of aliphatic carboxylic acids is 1. The van der Waals surface area contributed by atoms with Crippen LogP contribution in [0.25, 0.3) is 0 Å². The molecule has 102 valence electrons. The van der Waals surface area contributed by atoms with Gasteiger partial charge in [-0.25, -0.2) is 0 Å². The largest absolute Gasteiger partial charge is 0.481 e. The van der Waals surface area contributed by atoms with Crippen LogP contribution >= 0.6 is 0 Å². The van der Waals surface area contributed by atoms with E-state index in [-0.39, 0.29) is 12.3 Å². The van der Waals surface area contributed by atoms with Crippen molar-refractivity contribution in [3.63, 3.8) is 0 Å². The second-order valence-corrected chi connectivity index (χ2v) is 4.96. The van der Waals surface area contributed by atoms with E-state index in [9.17, 15) is 9.59 Å². The molecule has 0 saturated carbocycles. The molecule has 1 aliphatic rings. The Morgan fingerprint density at radius 3 is 2.44 bits per heavy atom. The summed E-state index contributed by atoms with van der Waals surface area (Å²) in [6, 6.07) is 0. The molecule has 0 atom stereocenters. The number of amides is 1. The predicted molar refractivity (Wildman–Crippen MR) is 70.2 cm³/mol. The van der Waals surface area contributed by atoms with E-state index >= 15 is 0 Å². The predicted octanol–water partition coefficient (Wildman–Crippen LogP) is 2.45. The number of piperidine rings is 1. The van der Waals surface area contributed by atoms with Gasteiger partial charge in [0.15, 0.2) is 0 Å². The van der Waals surface area contributed by atoms with Crippen LogP contribution in [-0.4, -0.2) is 35.0 Å². The number of allylic oxidation sites excluding steroid dienone is 1. The lowest BCUT2D eigenvalue weighted by atomic mass is 9.92. The third-order valence-electron chi connectivity index (χ3n) is 3.52. The van der Waals surface area contributed by atoms with Gasteiger partial charge < -0.3 is 10.0 Å². The Bertz CT molecular complexity index is 328. The summed E-state index contributed by atoms with van der Waals surface area (Å²) in [5.41, 5.74) is 0.821. The molecule has 1 amide bonds. The quantitative estimate of drug-likeness (QED) is 0.766. The number of nitrogens with zero attached hydrogens (tertiary/aromatic N) is 1. The molecule has 0 aliphatic carbocycles. The molecule has 0 aromatic heterocycles. The maximum atomic E-state index is 12.0. The smallest absolute Gasteiger partial charge is 0.303 e. The first kappa shape index (κ1) is 14.7. The number of carboxylic acid groups (broad SMARTS) is 1. The molecule has 1 aliphatic heterocycles. The van der Waals surface area contributed by atoms with Crippen LogP contribution < -0.4 is 0 Å². The molecule has 1 heterocycles. The van der Waals surface area contributed by atoms with E-state index in [1.54, 1.807) is 0 Å². The van der Waals surface area contributed by atoms with Gasteiger partial charge in [0.1, 0.15) is 0 Å². The Kier molecular flexibility index (Phi) is 5.89. The highest BCUT2D eigenvalue weighted by molar-refractivity contribution is 5.92. The second kappa shape index (κ2) is 7.19. The van der Waals surface area contributed by atoms with E-state index in [0.717, 1.165) is 44.3 Å². The van der Waals surface area contributed by atoms with Crippen LogP contribution in [0.4, 0.5) is 0 Å². The highest BCUT2D eigenvalue weighted by Crippen LogP contribution is 2.22. The van der Waals surface area contributed by atoms with E-state index in [0.29, 0.717) is 5.92 Å². The number of likely N-dealkylation sites (tertiary alicyclic amines) is 1. The number of carboxylic acids is 1. The van der Waals surface area contributed by atoms with Gasteiger partial charge in [-0.05, 0) is 38.5 Å². The first-order valence-corrected chi connectivity index (χ1v) is 6.72. The lowest BCUT2D eigenvalue weighted by Crippen LogP contribution is -2.39. The Labute approximate surface area is 109 Å². The molecule has 4 nitrogen and oxygen atoms in total. The zero-order valence-corrected chi connectivity index (χ0v) is 11.3. The van der Waals surface area contributed by atoms with Crippen LogP contribution in [0.5, 0.6) is 0 Å². The molecule has 4 heteroatoms. The van der Waals surface area contributed by atoms with Crippen molar-refractivity contribution in [2.75, 3.05) is 13.1 Å². The third-order valence-corrected chi connectivity index (χ3v) is 3.52. The number of hydrogen-bond acceptors (Lipinski definition) is 2. The summed E-state index contributed by atoms with van der Waals surface area (Å²) in [7, 11) is 0. The zero-order valence-electron chi connectivity index (χ0n) is 11.3. The van der Waals surface area contributed by atoms with Crippen LogP contribution in [-0.2, 0) is 9.59 Å². The van der Waals surface area contributed by atoms with Crippen LogP contribution in [0.15, 0.2) is 11.6 Å². The molecular weight excluding hydrogens is 230 g/mol. The molecular formula is C14H23NO3. The Balaban J connectivity index is 2.37. The molecule has 1 rings (SSSR count). The highest BCUT2D eigenvalue weighted by Gasteiger charge is 2.23. The molecule has 18 heavy (non-hydrogen) atoms. The van der Waals surface area contributed by atoms with E-state index in [2.05, 4.69) is 0 Å². The second-order valence-electron chi connectivity index (χ2n) is 4.96. The first-order chi connectivity index (χ1) is 8.54. The SMILES string of the molecule is CCC=C(C)C(=O)N1CCC(CCC(=O)O)CC1. The lowest BCUT2D eigenvalue weighted by molar-refractivity contribution is -0.137. The van der Waals surface area contributed by atoms with Crippen LogP contribution in [0.1, 0.15) is 46.0 Å². The van der Waals surface area contributed by atoms with Crippen LogP contribution in [0.2, 0.25) is 0 Å². The molecule has 0 unspecified atom stereocenters. The Morgan fingerprint density at radius 2 is 1.94 bits per heavy atom. The fourth-order valence-corrected chi connectivity index (χ4v) is 2.40. The number of hydrogen-bond donors (Lipinski definition) is 1. The van der Waals surface area contributed by atoms with E-state index < -0.39 is 5.97 Å². The van der Waals surface area contributed by atoms with Crippen molar-refractivity contribution < 1.29 is 14.7 Å². The number of rotatable bonds is 5. The van der Waals surface area contributed by atoms with Crippen molar-refractivity contribution in [1.82, 2.24) is 4.90 Å². The molecule has 0 aromatic carbocycles. The van der Waals surface area contributed by atoms with Crippen molar-refractivity contribution in [2.24, 2.45) is 5.92 Å². The summed E-state index contributed by atoms with van der Waals surface area (Å²) in [6.45, 7) is 5.41. The summed E-state index contributed by atoms with van der Waals surface area (Å²) >= 11 is 0. The summed E-state index contributed by atoms with van der Waals surface area (Å²) in [6.07, 6.45) is 5.68. The fraction of sp³-hybridized carbons (Fsp3) is 0.714. The van der Waals surface area contributed by atoms with Crippen LogP contribution in [0, 0.1) is 5.92 Å². The average molecular weight is 253 g/mol. The van der Waals surface area contributed by atoms with Crippen molar-refractivity contribution in [2.45, 2.75) is 46.0 Å². The standard InChI is InChI=1S/C14H23NO3/c1-3-4-11(2)14(18)15-9-7-12(8-10-15)5-6-13(16)17/h4,12H,3,5-10H2,1-2H3,(H,16,17). The molecule has 0 aromatic rings. The van der Waals surface area contributed by atoms with Gasteiger partial charge in [-0.1, -0.05) is 13.0 Å². The molecule has 0 bridgehead atoms.